The van der Waals surface area contributed by atoms with E-state index in [4.69, 9.17) is 12.2 Å². The van der Waals surface area contributed by atoms with Crippen LogP contribution in [0.5, 0.6) is 0 Å². The van der Waals surface area contributed by atoms with Gasteiger partial charge < -0.3 is 15.5 Å². The maximum atomic E-state index is 5.24. The van der Waals surface area contributed by atoms with Crippen molar-refractivity contribution >= 4 is 45.2 Å². The normalized spacial score (nSPS) is 18.2. The summed E-state index contributed by atoms with van der Waals surface area (Å²) >= 11 is 8.61. The molecule has 0 bridgehead atoms. The van der Waals surface area contributed by atoms with E-state index in [0.717, 1.165) is 10.2 Å². The van der Waals surface area contributed by atoms with E-state index in [0.29, 0.717) is 5.11 Å². The number of nitrogens with one attached hydrogen (secondary N) is 2. The molecule has 1 aliphatic heterocycles. The summed E-state index contributed by atoms with van der Waals surface area (Å²) in [6, 6.07) is 9.78. The second-order valence-corrected chi connectivity index (χ2v) is 5.12. The Kier molecular flexibility index (Phi) is 4.33. The number of benzene rings is 1. The fraction of sp³-hybridized carbons (Fsp3) is 0.167. The van der Waals surface area contributed by atoms with E-state index in [9.17, 15) is 0 Å². The highest BCUT2D eigenvalue weighted by Crippen LogP contribution is 2.11. The van der Waals surface area contributed by atoms with Crippen molar-refractivity contribution in [3.05, 3.63) is 41.0 Å². The largest absolute Gasteiger partial charge is 0.341 e. The Balaban J connectivity index is 1.91. The topological polar surface area (TPSA) is 39.7 Å². The molecule has 0 aromatic heterocycles. The lowest BCUT2D eigenvalue weighted by Gasteiger charge is -2.28. The van der Waals surface area contributed by atoms with E-state index in [2.05, 4.69) is 31.6 Å². The van der Waals surface area contributed by atoms with Gasteiger partial charge in [0.05, 0.1) is 4.48 Å². The molecule has 0 spiro atoms. The summed E-state index contributed by atoms with van der Waals surface area (Å²) in [4.78, 5) is 6.25. The predicted molar refractivity (Wildman–Crippen MR) is 82.9 cm³/mol. The fourth-order valence-corrected chi connectivity index (χ4v) is 2.15. The van der Waals surface area contributed by atoms with Gasteiger partial charge in [-0.15, -0.1) is 0 Å². The van der Waals surface area contributed by atoms with Crippen LogP contribution in [-0.4, -0.2) is 29.6 Å². The Morgan fingerprint density at radius 2 is 2.11 bits per heavy atom. The molecule has 1 unspecified atom stereocenters. The number of thiocarbonyl (C=S) groups is 1. The Bertz CT molecular complexity index is 486. The molecule has 2 N–H and O–H groups in total. The molecule has 0 saturated heterocycles. The third-order valence-corrected chi connectivity index (χ3v) is 2.97. The summed E-state index contributed by atoms with van der Waals surface area (Å²) in [6.45, 7) is 0. The van der Waals surface area contributed by atoms with Crippen LogP contribution in [-0.2, 0) is 0 Å². The standard InChI is InChI=1S/C12H13BrN4S/c1-17-8-9(13)7-14-11(17)16-12(18)15-10-5-3-2-4-6-10/h2-8,11H,1H3,(H2,15,16,18). The predicted octanol–water partition coefficient (Wildman–Crippen LogP) is 2.51. The van der Waals surface area contributed by atoms with Crippen molar-refractivity contribution in [2.75, 3.05) is 12.4 Å². The van der Waals surface area contributed by atoms with Gasteiger partial charge in [-0.2, -0.15) is 0 Å². The van der Waals surface area contributed by atoms with Crippen LogP contribution in [0.2, 0.25) is 0 Å². The van der Waals surface area contributed by atoms with Crippen molar-refractivity contribution in [2.24, 2.45) is 4.99 Å². The molecule has 1 aromatic carbocycles. The zero-order chi connectivity index (χ0) is 13.0. The second kappa shape index (κ2) is 5.97. The number of nitrogens with zero attached hydrogens (tertiary/aromatic N) is 2. The third-order valence-electron chi connectivity index (χ3n) is 2.34. The van der Waals surface area contributed by atoms with Crippen LogP contribution in [0.1, 0.15) is 0 Å². The molecule has 0 fully saturated rings. The first-order valence-electron chi connectivity index (χ1n) is 5.40. The fourth-order valence-electron chi connectivity index (χ4n) is 1.49. The molecule has 1 heterocycles. The minimum absolute atomic E-state index is 0.185. The van der Waals surface area contributed by atoms with E-state index >= 15 is 0 Å². The molecule has 1 atom stereocenters. The monoisotopic (exact) mass is 324 g/mol. The second-order valence-electron chi connectivity index (χ2n) is 3.80. The number of rotatable bonds is 2. The molecule has 4 nitrogen and oxygen atoms in total. The van der Waals surface area contributed by atoms with Crippen LogP contribution < -0.4 is 10.6 Å². The van der Waals surface area contributed by atoms with Gasteiger partial charge in [0.15, 0.2) is 11.4 Å². The molecule has 1 aromatic rings. The molecule has 0 aliphatic carbocycles. The van der Waals surface area contributed by atoms with E-state index in [1.165, 1.54) is 0 Å². The highest BCUT2D eigenvalue weighted by atomic mass is 79.9. The minimum Gasteiger partial charge on any atom is -0.341 e. The van der Waals surface area contributed by atoms with Crippen molar-refractivity contribution < 1.29 is 0 Å². The van der Waals surface area contributed by atoms with E-state index in [1.54, 1.807) is 6.21 Å². The van der Waals surface area contributed by atoms with Crippen molar-refractivity contribution in [1.82, 2.24) is 10.2 Å². The first-order valence-corrected chi connectivity index (χ1v) is 6.60. The summed E-state index contributed by atoms with van der Waals surface area (Å²) < 4.78 is 0.935. The van der Waals surface area contributed by atoms with Gasteiger partial charge in [-0.3, -0.25) is 0 Å². The maximum Gasteiger partial charge on any atom is 0.197 e. The molecule has 2 rings (SSSR count). The number of hydrogen-bond donors (Lipinski definition) is 2. The first kappa shape index (κ1) is 13.0. The van der Waals surface area contributed by atoms with Crippen LogP contribution in [0.3, 0.4) is 0 Å². The summed E-state index contributed by atoms with van der Waals surface area (Å²) in [5, 5.41) is 6.77. The van der Waals surface area contributed by atoms with E-state index in [-0.39, 0.29) is 6.29 Å². The van der Waals surface area contributed by atoms with Gasteiger partial charge in [-0.1, -0.05) is 18.2 Å². The lowest BCUT2D eigenvalue weighted by molar-refractivity contribution is 0.317. The van der Waals surface area contributed by atoms with Gasteiger partial charge in [0.1, 0.15) is 0 Å². The number of halogens is 1. The van der Waals surface area contributed by atoms with Gasteiger partial charge in [-0.05, 0) is 40.3 Å². The summed E-state index contributed by atoms with van der Waals surface area (Å²) in [7, 11) is 1.93. The highest BCUT2D eigenvalue weighted by Gasteiger charge is 2.14. The van der Waals surface area contributed by atoms with Crippen LogP contribution in [0.15, 0.2) is 46.0 Å². The lowest BCUT2D eigenvalue weighted by atomic mass is 10.3. The summed E-state index contributed by atoms with van der Waals surface area (Å²) in [6.07, 6.45) is 3.51. The molecule has 1 aliphatic rings. The Morgan fingerprint density at radius 3 is 2.78 bits per heavy atom. The summed E-state index contributed by atoms with van der Waals surface area (Å²) in [5.74, 6) is 0. The average molecular weight is 325 g/mol. The van der Waals surface area contributed by atoms with Crippen molar-refractivity contribution in [2.45, 2.75) is 6.29 Å². The molecule has 0 radical (unpaired) electrons. The molecule has 0 saturated carbocycles. The SMILES string of the molecule is CN1C=C(Br)C=NC1NC(=S)Nc1ccccc1. The zero-order valence-electron chi connectivity index (χ0n) is 9.80. The third kappa shape index (κ3) is 3.54. The van der Waals surface area contributed by atoms with Crippen molar-refractivity contribution in [3.63, 3.8) is 0 Å². The number of para-hydroxylation sites is 1. The smallest absolute Gasteiger partial charge is 0.197 e. The minimum atomic E-state index is -0.185. The zero-order valence-corrected chi connectivity index (χ0v) is 12.2. The maximum absolute atomic E-state index is 5.24. The number of anilines is 1. The van der Waals surface area contributed by atoms with Gasteiger partial charge in [0, 0.05) is 25.1 Å². The van der Waals surface area contributed by atoms with E-state index in [1.807, 2.05) is 48.5 Å². The van der Waals surface area contributed by atoms with Crippen molar-refractivity contribution in [1.29, 1.82) is 0 Å². The van der Waals surface area contributed by atoms with Gasteiger partial charge >= 0.3 is 0 Å². The average Bonchev–Trinajstić information content (AvgIpc) is 2.34. The molecule has 18 heavy (non-hydrogen) atoms. The van der Waals surface area contributed by atoms with Gasteiger partial charge in [-0.25, -0.2) is 4.99 Å². The number of hydrogen-bond acceptors (Lipinski definition) is 3. The first-order chi connectivity index (χ1) is 8.65. The number of allylic oxidation sites excluding steroid dienone is 1. The molecular formula is C12H13BrN4S. The number of aliphatic imine (C=N–C) groups is 1. The van der Waals surface area contributed by atoms with Gasteiger partial charge in [0.2, 0.25) is 0 Å². The van der Waals surface area contributed by atoms with Crippen LogP contribution >= 0.6 is 28.1 Å². The Hall–Kier alpha value is -1.40. The Morgan fingerprint density at radius 1 is 1.39 bits per heavy atom. The lowest BCUT2D eigenvalue weighted by Crippen LogP contribution is -2.45. The molecule has 0 amide bonds. The van der Waals surface area contributed by atoms with Gasteiger partial charge in [0.25, 0.3) is 0 Å². The van der Waals surface area contributed by atoms with Crippen LogP contribution in [0.4, 0.5) is 5.69 Å². The molecular weight excluding hydrogens is 312 g/mol. The highest BCUT2D eigenvalue weighted by molar-refractivity contribution is 9.12. The molecule has 6 heteroatoms. The van der Waals surface area contributed by atoms with Crippen LogP contribution in [0.25, 0.3) is 0 Å². The van der Waals surface area contributed by atoms with E-state index < -0.39 is 0 Å². The quantitative estimate of drug-likeness (QED) is 0.820. The molecule has 94 valence electrons. The Labute approximate surface area is 120 Å². The summed E-state index contributed by atoms with van der Waals surface area (Å²) in [5.41, 5.74) is 0.953. The van der Waals surface area contributed by atoms with Crippen LogP contribution in [0, 0.1) is 0 Å². The van der Waals surface area contributed by atoms with Crippen molar-refractivity contribution in [3.8, 4) is 0 Å².